The number of benzene rings is 2. The highest BCUT2D eigenvalue weighted by atomic mass is 19.4. The topological polar surface area (TPSA) is 54.1 Å². The van der Waals surface area contributed by atoms with E-state index in [0.29, 0.717) is 5.75 Å². The number of hydrogen-bond acceptors (Lipinski definition) is 2. The van der Waals surface area contributed by atoms with Crippen LogP contribution in [-0.2, 0) is 4.79 Å². The monoisotopic (exact) mass is 402 g/mol. The standard InChI is InChI=1S/C22H21F3N2O2/c1-29-14-8-6-13(7-9-14)17(18-12-26-20-5-3-2-4-15(18)20)11-27-21(28)16-10-19(16)22(23,24)25/h2-9,12,16-17,19,26H,10-11H2,1H3,(H,27,28)/t16-,17?,19-/m1/s1. The average molecular weight is 402 g/mol. The van der Waals surface area contributed by atoms with Crippen LogP contribution in [0.15, 0.2) is 54.7 Å². The van der Waals surface area contributed by atoms with E-state index in [9.17, 15) is 18.0 Å². The zero-order valence-corrected chi connectivity index (χ0v) is 15.8. The minimum absolute atomic E-state index is 0.129. The number of methoxy groups -OCH3 is 1. The van der Waals surface area contributed by atoms with Gasteiger partial charge in [0.25, 0.3) is 0 Å². The summed E-state index contributed by atoms with van der Waals surface area (Å²) in [6.07, 6.45) is -2.55. The summed E-state index contributed by atoms with van der Waals surface area (Å²) in [5.74, 6) is -2.53. The number of amides is 1. The Labute approximate surface area is 166 Å². The van der Waals surface area contributed by atoms with Crippen molar-refractivity contribution in [1.82, 2.24) is 10.3 Å². The molecule has 1 aliphatic rings. The van der Waals surface area contributed by atoms with E-state index in [1.54, 1.807) is 7.11 Å². The number of halogens is 3. The number of hydrogen-bond donors (Lipinski definition) is 2. The van der Waals surface area contributed by atoms with E-state index in [2.05, 4.69) is 10.3 Å². The quantitative estimate of drug-likeness (QED) is 0.632. The van der Waals surface area contributed by atoms with Crippen LogP contribution in [0.2, 0.25) is 0 Å². The molecular weight excluding hydrogens is 381 g/mol. The number of nitrogens with one attached hydrogen (secondary N) is 2. The van der Waals surface area contributed by atoms with Crippen LogP contribution in [-0.4, -0.2) is 30.7 Å². The molecule has 1 fully saturated rings. The molecule has 3 aromatic rings. The third-order valence-electron chi connectivity index (χ3n) is 5.54. The maximum Gasteiger partial charge on any atom is 0.392 e. The van der Waals surface area contributed by atoms with Crippen molar-refractivity contribution in [3.05, 3.63) is 65.9 Å². The molecule has 0 aliphatic heterocycles. The number of para-hydroxylation sites is 1. The number of fused-ring (bicyclic) bond motifs is 1. The first-order valence-electron chi connectivity index (χ1n) is 9.43. The van der Waals surface area contributed by atoms with Gasteiger partial charge in [-0.05, 0) is 35.7 Å². The van der Waals surface area contributed by atoms with Gasteiger partial charge in [-0.2, -0.15) is 13.2 Å². The number of carbonyl (C=O) groups excluding carboxylic acids is 1. The van der Waals surface area contributed by atoms with Crippen LogP contribution in [0.3, 0.4) is 0 Å². The summed E-state index contributed by atoms with van der Waals surface area (Å²) in [5.41, 5.74) is 2.89. The molecule has 4 nitrogen and oxygen atoms in total. The molecule has 152 valence electrons. The smallest absolute Gasteiger partial charge is 0.392 e. The zero-order valence-electron chi connectivity index (χ0n) is 15.8. The molecule has 1 heterocycles. The molecule has 1 amide bonds. The maximum absolute atomic E-state index is 12.8. The predicted molar refractivity (Wildman–Crippen MR) is 104 cm³/mol. The van der Waals surface area contributed by atoms with E-state index in [4.69, 9.17) is 4.74 Å². The van der Waals surface area contributed by atoms with E-state index >= 15 is 0 Å². The summed E-state index contributed by atoms with van der Waals surface area (Å²) in [5, 5.41) is 3.76. The lowest BCUT2D eigenvalue weighted by Gasteiger charge is -2.19. The summed E-state index contributed by atoms with van der Waals surface area (Å²) >= 11 is 0. The summed E-state index contributed by atoms with van der Waals surface area (Å²) in [7, 11) is 1.58. The highest BCUT2D eigenvalue weighted by molar-refractivity contribution is 5.85. The average Bonchev–Trinajstić information content (AvgIpc) is 3.44. The van der Waals surface area contributed by atoms with Gasteiger partial charge in [-0.25, -0.2) is 0 Å². The first kappa shape index (κ1) is 19.4. The molecule has 0 spiro atoms. The summed E-state index contributed by atoms with van der Waals surface area (Å²) in [6.45, 7) is 0.216. The largest absolute Gasteiger partial charge is 0.497 e. The van der Waals surface area contributed by atoms with Crippen molar-refractivity contribution in [3.63, 3.8) is 0 Å². The van der Waals surface area contributed by atoms with E-state index in [1.807, 2.05) is 54.7 Å². The fraction of sp³-hybridized carbons (Fsp3) is 0.318. The van der Waals surface area contributed by atoms with Gasteiger partial charge in [0, 0.05) is 29.6 Å². The fourth-order valence-electron chi connectivity index (χ4n) is 3.81. The lowest BCUT2D eigenvalue weighted by atomic mass is 9.90. The van der Waals surface area contributed by atoms with E-state index in [0.717, 1.165) is 22.0 Å². The fourth-order valence-corrected chi connectivity index (χ4v) is 3.81. The van der Waals surface area contributed by atoms with Gasteiger partial charge in [0.2, 0.25) is 5.91 Å². The van der Waals surface area contributed by atoms with Crippen LogP contribution in [0.25, 0.3) is 10.9 Å². The molecule has 4 rings (SSSR count). The highest BCUT2D eigenvalue weighted by Crippen LogP contribution is 2.50. The number of alkyl halides is 3. The van der Waals surface area contributed by atoms with Gasteiger partial charge in [-0.1, -0.05) is 30.3 Å². The number of ether oxygens (including phenoxy) is 1. The van der Waals surface area contributed by atoms with Crippen LogP contribution >= 0.6 is 0 Å². The van der Waals surface area contributed by atoms with Crippen molar-refractivity contribution in [2.24, 2.45) is 11.8 Å². The minimum atomic E-state index is -4.31. The third kappa shape index (κ3) is 3.95. The number of aromatic nitrogens is 1. The van der Waals surface area contributed by atoms with E-state index < -0.39 is 23.9 Å². The number of aromatic amines is 1. The summed E-state index contributed by atoms with van der Waals surface area (Å²) in [6, 6.07) is 15.3. The van der Waals surface area contributed by atoms with Crippen molar-refractivity contribution in [2.75, 3.05) is 13.7 Å². The SMILES string of the molecule is COc1ccc(C(CNC(=O)[C@@H]2C[C@H]2C(F)(F)F)c2c[nH]c3ccccc23)cc1. The maximum atomic E-state index is 12.8. The third-order valence-corrected chi connectivity index (χ3v) is 5.54. The highest BCUT2D eigenvalue weighted by Gasteiger charge is 2.58. The molecule has 1 aliphatic carbocycles. The second-order valence-electron chi connectivity index (χ2n) is 7.35. The summed E-state index contributed by atoms with van der Waals surface area (Å²) in [4.78, 5) is 15.5. The zero-order chi connectivity index (χ0) is 20.6. The molecule has 0 radical (unpaired) electrons. The second-order valence-corrected chi connectivity index (χ2v) is 7.35. The number of carbonyl (C=O) groups is 1. The molecule has 3 atom stereocenters. The number of rotatable bonds is 6. The molecule has 7 heteroatoms. The molecule has 2 N–H and O–H groups in total. The molecule has 0 saturated heterocycles. The molecule has 2 aromatic carbocycles. The molecule has 1 aromatic heterocycles. The van der Waals surface area contributed by atoms with Crippen molar-refractivity contribution in [2.45, 2.75) is 18.5 Å². The lowest BCUT2D eigenvalue weighted by molar-refractivity contribution is -0.154. The first-order chi connectivity index (χ1) is 13.9. The van der Waals surface area contributed by atoms with Crippen LogP contribution in [0.4, 0.5) is 13.2 Å². The van der Waals surface area contributed by atoms with Crippen LogP contribution in [0, 0.1) is 11.8 Å². The van der Waals surface area contributed by atoms with Crippen LogP contribution in [0.1, 0.15) is 23.5 Å². The Balaban J connectivity index is 1.58. The normalized spacial score (nSPS) is 19.7. The van der Waals surface area contributed by atoms with Gasteiger partial charge in [0.05, 0.1) is 18.9 Å². The lowest BCUT2D eigenvalue weighted by Crippen LogP contribution is -2.31. The van der Waals surface area contributed by atoms with Gasteiger partial charge in [-0.15, -0.1) is 0 Å². The van der Waals surface area contributed by atoms with E-state index in [-0.39, 0.29) is 18.9 Å². The molecule has 0 bridgehead atoms. The van der Waals surface area contributed by atoms with Crippen molar-refractivity contribution >= 4 is 16.8 Å². The van der Waals surface area contributed by atoms with Gasteiger partial charge in [0.15, 0.2) is 0 Å². The van der Waals surface area contributed by atoms with Crippen molar-refractivity contribution < 1.29 is 22.7 Å². The Hall–Kier alpha value is -2.96. The number of H-pyrrole nitrogens is 1. The summed E-state index contributed by atoms with van der Waals surface area (Å²) < 4.78 is 43.6. The Morgan fingerprint density at radius 3 is 2.59 bits per heavy atom. The second kappa shape index (κ2) is 7.46. The van der Waals surface area contributed by atoms with Crippen LogP contribution < -0.4 is 10.1 Å². The molecule has 1 unspecified atom stereocenters. The first-order valence-corrected chi connectivity index (χ1v) is 9.43. The van der Waals surface area contributed by atoms with Gasteiger partial charge in [-0.3, -0.25) is 4.79 Å². The van der Waals surface area contributed by atoms with Crippen LogP contribution in [0.5, 0.6) is 5.75 Å². The van der Waals surface area contributed by atoms with Crippen molar-refractivity contribution in [3.8, 4) is 5.75 Å². The predicted octanol–water partition coefficient (Wildman–Crippen LogP) is 4.62. The molecule has 29 heavy (non-hydrogen) atoms. The Kier molecular flexibility index (Phi) is 4.98. The van der Waals surface area contributed by atoms with Gasteiger partial charge < -0.3 is 15.0 Å². The van der Waals surface area contributed by atoms with Gasteiger partial charge >= 0.3 is 6.18 Å². The molecule has 1 saturated carbocycles. The molecular formula is C22H21F3N2O2. The van der Waals surface area contributed by atoms with Gasteiger partial charge in [0.1, 0.15) is 5.75 Å². The Morgan fingerprint density at radius 1 is 1.21 bits per heavy atom. The van der Waals surface area contributed by atoms with E-state index in [1.165, 1.54) is 0 Å². The Bertz CT molecular complexity index is 1010. The Morgan fingerprint density at radius 2 is 1.93 bits per heavy atom. The van der Waals surface area contributed by atoms with Crippen molar-refractivity contribution in [1.29, 1.82) is 0 Å². The minimum Gasteiger partial charge on any atom is -0.497 e.